The average molecular weight is 293 g/mol. The van der Waals surface area contributed by atoms with Crippen LogP contribution in [0.2, 0.25) is 0 Å². The molecule has 3 heterocycles. The predicted molar refractivity (Wildman–Crippen MR) is 79.3 cm³/mol. The standard InChI is InChI=1S/C16H11N3O3/c20-16-19(18-15(22-16)12-7-8-21-10-12)9-13-6-5-11-3-1-2-4-14(11)17-13/h1-8,10H,9H2. The maximum atomic E-state index is 11.9. The molecule has 4 aromatic rings. The minimum atomic E-state index is -0.522. The number of fused-ring (bicyclic) bond motifs is 1. The second kappa shape index (κ2) is 5.00. The van der Waals surface area contributed by atoms with Crippen molar-refractivity contribution in [2.24, 2.45) is 0 Å². The molecular weight excluding hydrogens is 282 g/mol. The summed E-state index contributed by atoms with van der Waals surface area (Å²) in [7, 11) is 0. The van der Waals surface area contributed by atoms with Crippen molar-refractivity contribution in [2.75, 3.05) is 0 Å². The van der Waals surface area contributed by atoms with E-state index >= 15 is 0 Å². The molecule has 0 fully saturated rings. The van der Waals surface area contributed by atoms with E-state index in [2.05, 4.69) is 10.1 Å². The van der Waals surface area contributed by atoms with Crippen LogP contribution >= 0.6 is 0 Å². The second-order valence-electron chi connectivity index (χ2n) is 4.84. The van der Waals surface area contributed by atoms with Gasteiger partial charge in [0.05, 0.1) is 29.6 Å². The molecular formula is C16H11N3O3. The normalized spacial score (nSPS) is 11.1. The summed E-state index contributed by atoms with van der Waals surface area (Å²) in [5, 5.41) is 5.22. The van der Waals surface area contributed by atoms with Crippen molar-refractivity contribution in [1.82, 2.24) is 14.8 Å². The lowest BCUT2D eigenvalue weighted by atomic mass is 10.2. The Kier molecular flexibility index (Phi) is 2.86. The van der Waals surface area contributed by atoms with Crippen LogP contribution in [-0.4, -0.2) is 14.8 Å². The molecule has 0 unspecified atom stereocenters. The first kappa shape index (κ1) is 12.6. The van der Waals surface area contributed by atoms with Gasteiger partial charge in [0.25, 0.3) is 5.89 Å². The molecule has 1 aromatic carbocycles. The van der Waals surface area contributed by atoms with Crippen LogP contribution in [0.5, 0.6) is 0 Å². The van der Waals surface area contributed by atoms with Gasteiger partial charge in [0, 0.05) is 5.39 Å². The summed E-state index contributed by atoms with van der Waals surface area (Å²) in [5.74, 6) is -0.286. The maximum absolute atomic E-state index is 11.9. The Morgan fingerprint density at radius 1 is 1.09 bits per heavy atom. The van der Waals surface area contributed by atoms with Crippen molar-refractivity contribution in [2.45, 2.75) is 6.54 Å². The Hall–Kier alpha value is -3.15. The number of pyridine rings is 1. The maximum Gasteiger partial charge on any atom is 0.437 e. The lowest BCUT2D eigenvalue weighted by Crippen LogP contribution is -2.17. The number of hydrogen-bond donors (Lipinski definition) is 0. The molecule has 0 aliphatic heterocycles. The van der Waals surface area contributed by atoms with E-state index in [4.69, 9.17) is 8.83 Å². The lowest BCUT2D eigenvalue weighted by Gasteiger charge is -2.01. The van der Waals surface area contributed by atoms with Crippen LogP contribution in [0.25, 0.3) is 22.4 Å². The van der Waals surface area contributed by atoms with E-state index in [1.165, 1.54) is 17.2 Å². The van der Waals surface area contributed by atoms with E-state index in [0.717, 1.165) is 16.6 Å². The van der Waals surface area contributed by atoms with Gasteiger partial charge in [-0.3, -0.25) is 4.98 Å². The predicted octanol–water partition coefficient (Wildman–Crippen LogP) is 2.69. The zero-order valence-corrected chi connectivity index (χ0v) is 11.5. The highest BCUT2D eigenvalue weighted by atomic mass is 16.4. The molecule has 0 saturated heterocycles. The number of aromatic nitrogens is 3. The first-order chi connectivity index (χ1) is 10.8. The van der Waals surface area contributed by atoms with Gasteiger partial charge >= 0.3 is 5.76 Å². The fourth-order valence-corrected chi connectivity index (χ4v) is 2.26. The van der Waals surface area contributed by atoms with Crippen LogP contribution < -0.4 is 5.76 Å². The van der Waals surface area contributed by atoms with Gasteiger partial charge in [-0.1, -0.05) is 24.3 Å². The van der Waals surface area contributed by atoms with E-state index in [1.807, 2.05) is 36.4 Å². The first-order valence-corrected chi connectivity index (χ1v) is 6.75. The van der Waals surface area contributed by atoms with Crippen molar-refractivity contribution < 1.29 is 8.83 Å². The average Bonchev–Trinajstić information content (AvgIpc) is 3.18. The highest BCUT2D eigenvalue weighted by molar-refractivity contribution is 5.78. The quantitative estimate of drug-likeness (QED) is 0.580. The summed E-state index contributed by atoms with van der Waals surface area (Å²) in [5.41, 5.74) is 2.25. The van der Waals surface area contributed by atoms with Crippen LogP contribution in [0.1, 0.15) is 5.69 Å². The first-order valence-electron chi connectivity index (χ1n) is 6.75. The smallest absolute Gasteiger partial charge is 0.437 e. The molecule has 0 spiro atoms. The Morgan fingerprint density at radius 2 is 2.00 bits per heavy atom. The van der Waals surface area contributed by atoms with Gasteiger partial charge < -0.3 is 8.83 Å². The molecule has 0 aliphatic carbocycles. The van der Waals surface area contributed by atoms with Crippen LogP contribution in [0.4, 0.5) is 0 Å². The van der Waals surface area contributed by atoms with E-state index < -0.39 is 5.76 Å². The molecule has 0 atom stereocenters. The number of hydrogen-bond acceptors (Lipinski definition) is 5. The van der Waals surface area contributed by atoms with Crippen molar-refractivity contribution in [3.8, 4) is 11.5 Å². The summed E-state index contributed by atoms with van der Waals surface area (Å²) in [6.07, 6.45) is 2.98. The van der Waals surface area contributed by atoms with Gasteiger partial charge in [-0.15, -0.1) is 5.10 Å². The number of rotatable bonds is 3. The Balaban J connectivity index is 1.69. The Morgan fingerprint density at radius 3 is 2.86 bits per heavy atom. The van der Waals surface area contributed by atoms with Crippen molar-refractivity contribution in [3.05, 3.63) is 71.2 Å². The van der Waals surface area contributed by atoms with Gasteiger partial charge in [0.2, 0.25) is 0 Å². The topological polar surface area (TPSA) is 74.1 Å². The molecule has 4 rings (SSSR count). The van der Waals surface area contributed by atoms with Crippen LogP contribution in [0, 0.1) is 0 Å². The fraction of sp³-hybridized carbons (Fsp3) is 0.0625. The summed E-state index contributed by atoms with van der Waals surface area (Å²) < 4.78 is 11.3. The number of furan rings is 1. The molecule has 108 valence electrons. The molecule has 0 aliphatic rings. The van der Waals surface area contributed by atoms with Gasteiger partial charge in [-0.05, 0) is 18.2 Å². The second-order valence-corrected chi connectivity index (χ2v) is 4.84. The molecule has 0 saturated carbocycles. The summed E-state index contributed by atoms with van der Waals surface area (Å²) in [6.45, 7) is 0.255. The Bertz CT molecular complexity index is 983. The van der Waals surface area contributed by atoms with E-state index in [-0.39, 0.29) is 12.4 Å². The van der Waals surface area contributed by atoms with E-state index in [1.54, 1.807) is 6.07 Å². The Labute approximate surface area is 124 Å². The van der Waals surface area contributed by atoms with Crippen molar-refractivity contribution >= 4 is 10.9 Å². The molecule has 0 radical (unpaired) electrons. The molecule has 0 bridgehead atoms. The third-order valence-corrected chi connectivity index (χ3v) is 3.34. The third kappa shape index (κ3) is 2.20. The van der Waals surface area contributed by atoms with Crippen molar-refractivity contribution in [3.63, 3.8) is 0 Å². The minimum Gasteiger partial charge on any atom is -0.472 e. The number of para-hydroxylation sites is 1. The van der Waals surface area contributed by atoms with Gasteiger partial charge in [-0.2, -0.15) is 4.68 Å². The largest absolute Gasteiger partial charge is 0.472 e. The van der Waals surface area contributed by atoms with Gasteiger partial charge in [-0.25, -0.2) is 4.79 Å². The summed E-state index contributed by atoms with van der Waals surface area (Å²) >= 11 is 0. The summed E-state index contributed by atoms with van der Waals surface area (Å²) in [6, 6.07) is 13.3. The van der Waals surface area contributed by atoms with E-state index in [9.17, 15) is 4.79 Å². The fourth-order valence-electron chi connectivity index (χ4n) is 2.26. The number of benzene rings is 1. The molecule has 6 heteroatoms. The van der Waals surface area contributed by atoms with Crippen molar-refractivity contribution in [1.29, 1.82) is 0 Å². The lowest BCUT2D eigenvalue weighted by molar-refractivity contribution is 0.492. The minimum absolute atomic E-state index is 0.236. The SMILES string of the molecule is O=c1oc(-c2ccoc2)nn1Cc1ccc2ccccc2n1. The monoisotopic (exact) mass is 293 g/mol. The van der Waals surface area contributed by atoms with Gasteiger partial charge in [0.15, 0.2) is 0 Å². The molecule has 6 nitrogen and oxygen atoms in total. The highest BCUT2D eigenvalue weighted by Crippen LogP contribution is 2.16. The third-order valence-electron chi connectivity index (χ3n) is 3.34. The van der Waals surface area contributed by atoms with Gasteiger partial charge in [0.1, 0.15) is 6.26 Å². The highest BCUT2D eigenvalue weighted by Gasteiger charge is 2.12. The number of nitrogens with zero attached hydrogens (tertiary/aromatic N) is 3. The molecule has 22 heavy (non-hydrogen) atoms. The molecule has 0 amide bonds. The molecule has 3 aromatic heterocycles. The van der Waals surface area contributed by atoms with Crippen LogP contribution in [-0.2, 0) is 6.54 Å². The molecule has 0 N–H and O–H groups in total. The zero-order valence-electron chi connectivity index (χ0n) is 11.5. The van der Waals surface area contributed by atoms with Crippen LogP contribution in [0.3, 0.4) is 0 Å². The van der Waals surface area contributed by atoms with Crippen LogP contribution in [0.15, 0.2) is 68.6 Å². The zero-order chi connectivity index (χ0) is 14.9. The van der Waals surface area contributed by atoms with E-state index in [0.29, 0.717) is 5.56 Å². The summed E-state index contributed by atoms with van der Waals surface area (Å²) in [4.78, 5) is 16.4.